The molecule has 5 atom stereocenters. The normalized spacial score (nSPS) is 37.8. The fraction of sp³-hybridized carbons (Fsp3) is 0.769. The molecule has 0 radical (unpaired) electrons. The van der Waals surface area contributed by atoms with E-state index in [0.29, 0.717) is 5.41 Å². The van der Waals surface area contributed by atoms with E-state index in [0.717, 1.165) is 43.9 Å². The summed E-state index contributed by atoms with van der Waals surface area (Å²) in [5, 5.41) is 0. The van der Waals surface area contributed by atoms with Gasteiger partial charge in [-0.1, -0.05) is 44.2 Å². The Morgan fingerprint density at radius 3 is 2.55 bits per heavy atom. The fourth-order valence-electron chi connectivity index (χ4n) is 7.39. The van der Waals surface area contributed by atoms with Gasteiger partial charge in [-0.15, -0.1) is 0 Å². The Labute approximate surface area is 177 Å². The minimum Gasteiger partial charge on any atom is -0.350 e. The minimum atomic E-state index is 0.0326. The Hall–Kier alpha value is -0.900. The van der Waals surface area contributed by atoms with E-state index in [2.05, 4.69) is 44.2 Å². The van der Waals surface area contributed by atoms with Crippen molar-refractivity contribution in [2.24, 2.45) is 23.2 Å². The molecule has 2 aliphatic heterocycles. The number of hydrogen-bond acceptors (Lipinski definition) is 2. The molecule has 5 rings (SSSR count). The first-order chi connectivity index (χ1) is 14.0. The molecule has 2 saturated carbocycles. The maximum Gasteiger partial charge on any atom is 0.158 e. The molecule has 2 aliphatic carbocycles. The van der Waals surface area contributed by atoms with Crippen LogP contribution < -0.4 is 0 Å². The summed E-state index contributed by atoms with van der Waals surface area (Å²) in [7, 11) is 0. The highest BCUT2D eigenvalue weighted by atomic mass is 16.7. The Morgan fingerprint density at radius 2 is 1.83 bits per heavy atom. The van der Waals surface area contributed by atoms with Crippen molar-refractivity contribution < 1.29 is 14.0 Å². The van der Waals surface area contributed by atoms with Gasteiger partial charge in [0, 0.05) is 12.0 Å². The smallest absolute Gasteiger partial charge is 0.158 e. The quantitative estimate of drug-likeness (QED) is 0.598. The lowest BCUT2D eigenvalue weighted by atomic mass is 9.67. The van der Waals surface area contributed by atoms with Gasteiger partial charge in [-0.05, 0) is 61.7 Å². The molecule has 0 spiro atoms. The maximum absolute atomic E-state index is 6.55. The second-order valence-corrected chi connectivity index (χ2v) is 11.1. The monoisotopic (exact) mass is 398 g/mol. The van der Waals surface area contributed by atoms with Gasteiger partial charge < -0.3 is 14.0 Å². The van der Waals surface area contributed by atoms with E-state index in [9.17, 15) is 0 Å². The zero-order chi connectivity index (χ0) is 19.9. The first kappa shape index (κ1) is 20.0. The van der Waals surface area contributed by atoms with E-state index in [1.54, 1.807) is 0 Å². The SMILES string of the molecule is CC1(C)[C@H]2CC[C@H](C2)[C@H]1C[C@@H]1OC[C@H](C[N+]2(Cc3ccccc3)CCCCC2)O1. The van der Waals surface area contributed by atoms with Gasteiger partial charge in [0.2, 0.25) is 0 Å². The summed E-state index contributed by atoms with van der Waals surface area (Å²) in [5.74, 6) is 2.63. The first-order valence-corrected chi connectivity index (χ1v) is 12.2. The second-order valence-electron chi connectivity index (χ2n) is 11.1. The van der Waals surface area contributed by atoms with Gasteiger partial charge in [-0.3, -0.25) is 0 Å². The number of piperidine rings is 1. The first-order valence-electron chi connectivity index (χ1n) is 12.2. The number of rotatable bonds is 6. The lowest BCUT2D eigenvalue weighted by molar-refractivity contribution is -0.947. The Bertz CT molecular complexity index is 681. The van der Waals surface area contributed by atoms with Gasteiger partial charge in [0.1, 0.15) is 19.2 Å². The fourth-order valence-corrected chi connectivity index (χ4v) is 7.39. The molecular formula is C26H40NO2+. The molecule has 3 heteroatoms. The number of fused-ring (bicyclic) bond motifs is 2. The lowest BCUT2D eigenvalue weighted by Crippen LogP contribution is -2.54. The highest BCUT2D eigenvalue weighted by Gasteiger charge is 2.53. The standard InChI is InChI=1S/C26H40NO2/c1-26(2)22-12-11-21(15-22)24(26)16-25-28-19-23(29-25)18-27(13-7-4-8-14-27)17-20-9-5-3-6-10-20/h3,5-6,9-10,21-25H,4,7-8,11-19H2,1-2H3/q+1/t21-,22+,23+,24-,25-/m1/s1. The Balaban J connectivity index is 1.21. The van der Waals surface area contributed by atoms with Gasteiger partial charge in [0.15, 0.2) is 6.29 Å². The number of likely N-dealkylation sites (tertiary alicyclic amines) is 1. The van der Waals surface area contributed by atoms with Crippen molar-refractivity contribution in [3.05, 3.63) is 35.9 Å². The van der Waals surface area contributed by atoms with Gasteiger partial charge in [0.25, 0.3) is 0 Å². The molecule has 0 N–H and O–H groups in total. The number of nitrogens with zero attached hydrogens (tertiary/aromatic N) is 1. The van der Waals surface area contributed by atoms with Crippen LogP contribution in [0.15, 0.2) is 30.3 Å². The van der Waals surface area contributed by atoms with Crippen LogP contribution in [0, 0.1) is 23.2 Å². The zero-order valence-corrected chi connectivity index (χ0v) is 18.5. The number of quaternary nitrogens is 1. The van der Waals surface area contributed by atoms with Crippen LogP contribution in [0.4, 0.5) is 0 Å². The Morgan fingerprint density at radius 1 is 1.03 bits per heavy atom. The third-order valence-corrected chi connectivity index (χ3v) is 9.03. The summed E-state index contributed by atoms with van der Waals surface area (Å²) in [4.78, 5) is 0. The van der Waals surface area contributed by atoms with Crippen LogP contribution in [0.3, 0.4) is 0 Å². The number of hydrogen-bond donors (Lipinski definition) is 0. The molecule has 29 heavy (non-hydrogen) atoms. The molecule has 2 saturated heterocycles. The molecular weight excluding hydrogens is 358 g/mol. The molecule has 3 nitrogen and oxygen atoms in total. The Kier molecular flexibility index (Phi) is 5.51. The topological polar surface area (TPSA) is 18.5 Å². The van der Waals surface area contributed by atoms with Crippen LogP contribution in [0.5, 0.6) is 0 Å². The highest BCUT2D eigenvalue weighted by molar-refractivity contribution is 5.13. The molecule has 2 bridgehead atoms. The van der Waals surface area contributed by atoms with Gasteiger partial charge in [-0.25, -0.2) is 0 Å². The average Bonchev–Trinajstić information content (AvgIpc) is 3.41. The lowest BCUT2D eigenvalue weighted by Gasteiger charge is -2.43. The maximum atomic E-state index is 6.55. The van der Waals surface area contributed by atoms with E-state index in [1.807, 2.05) is 0 Å². The largest absolute Gasteiger partial charge is 0.350 e. The van der Waals surface area contributed by atoms with Crippen molar-refractivity contribution >= 4 is 0 Å². The van der Waals surface area contributed by atoms with Crippen LogP contribution in [-0.2, 0) is 16.0 Å². The number of ether oxygens (including phenoxy) is 2. The molecule has 160 valence electrons. The molecule has 4 fully saturated rings. The summed E-state index contributed by atoms with van der Waals surface area (Å²) < 4.78 is 14.0. The van der Waals surface area contributed by atoms with Crippen LogP contribution in [-0.4, -0.2) is 43.1 Å². The van der Waals surface area contributed by atoms with Crippen LogP contribution in [0.2, 0.25) is 0 Å². The van der Waals surface area contributed by atoms with Crippen molar-refractivity contribution in [3.8, 4) is 0 Å². The van der Waals surface area contributed by atoms with Crippen LogP contribution in [0.25, 0.3) is 0 Å². The van der Waals surface area contributed by atoms with Crippen molar-refractivity contribution in [2.45, 2.75) is 77.7 Å². The third kappa shape index (κ3) is 4.03. The van der Waals surface area contributed by atoms with Crippen LogP contribution in [0.1, 0.15) is 64.4 Å². The van der Waals surface area contributed by atoms with Gasteiger partial charge in [-0.2, -0.15) is 0 Å². The van der Waals surface area contributed by atoms with E-state index >= 15 is 0 Å². The van der Waals surface area contributed by atoms with Crippen molar-refractivity contribution in [1.82, 2.24) is 0 Å². The zero-order valence-electron chi connectivity index (χ0n) is 18.5. The van der Waals surface area contributed by atoms with Crippen molar-refractivity contribution in [2.75, 3.05) is 26.2 Å². The van der Waals surface area contributed by atoms with Crippen molar-refractivity contribution in [3.63, 3.8) is 0 Å². The summed E-state index contributed by atoms with van der Waals surface area (Å²) in [5.41, 5.74) is 1.94. The highest BCUT2D eigenvalue weighted by Crippen LogP contribution is 2.60. The molecule has 2 heterocycles. The van der Waals surface area contributed by atoms with Gasteiger partial charge in [0.05, 0.1) is 19.7 Å². The van der Waals surface area contributed by atoms with Gasteiger partial charge >= 0.3 is 0 Å². The summed E-state index contributed by atoms with van der Waals surface area (Å²) in [6.07, 6.45) is 9.84. The molecule has 0 amide bonds. The molecule has 0 aromatic heterocycles. The summed E-state index contributed by atoms with van der Waals surface area (Å²) in [6, 6.07) is 11.1. The van der Waals surface area contributed by atoms with Crippen molar-refractivity contribution in [1.29, 1.82) is 0 Å². The molecule has 0 unspecified atom stereocenters. The summed E-state index contributed by atoms with van der Waals surface area (Å²) in [6.45, 7) is 10.6. The van der Waals surface area contributed by atoms with E-state index in [1.165, 1.54) is 61.7 Å². The number of benzene rings is 1. The minimum absolute atomic E-state index is 0.0326. The third-order valence-electron chi connectivity index (χ3n) is 9.03. The van der Waals surface area contributed by atoms with Crippen LogP contribution >= 0.6 is 0 Å². The summed E-state index contributed by atoms with van der Waals surface area (Å²) >= 11 is 0. The van der Waals surface area contributed by atoms with E-state index in [4.69, 9.17) is 9.47 Å². The molecule has 4 aliphatic rings. The van der Waals surface area contributed by atoms with E-state index in [-0.39, 0.29) is 12.4 Å². The predicted octanol–water partition coefficient (Wildman–Crippen LogP) is 5.39. The second kappa shape index (κ2) is 7.98. The molecule has 1 aromatic rings. The predicted molar refractivity (Wildman–Crippen MR) is 116 cm³/mol. The van der Waals surface area contributed by atoms with E-state index < -0.39 is 0 Å². The average molecular weight is 399 g/mol. The molecule has 1 aromatic carbocycles.